The van der Waals surface area contributed by atoms with E-state index in [1.807, 2.05) is 32.9 Å². The summed E-state index contributed by atoms with van der Waals surface area (Å²) in [5.74, 6) is 0. The van der Waals surface area contributed by atoms with Gasteiger partial charge in [0.25, 0.3) is 0 Å². The first-order valence-corrected chi connectivity index (χ1v) is 7.90. The van der Waals surface area contributed by atoms with Crippen molar-refractivity contribution >= 4 is 23.2 Å². The number of pyridine rings is 1. The van der Waals surface area contributed by atoms with Gasteiger partial charge in [-0.15, -0.1) is 0 Å². The fourth-order valence-electron chi connectivity index (χ4n) is 2.71. The zero-order chi connectivity index (χ0) is 17.3. The molecule has 3 rings (SSSR count). The lowest BCUT2D eigenvalue weighted by atomic mass is 10.1. The van der Waals surface area contributed by atoms with Gasteiger partial charge in [-0.3, -0.25) is 0 Å². The summed E-state index contributed by atoms with van der Waals surface area (Å²) in [6.07, 6.45) is 6.00. The number of fused-ring (bicyclic) bond motifs is 1. The number of likely N-dealkylation sites (tertiary alicyclic amines) is 1. The molecule has 0 spiro atoms. The molecule has 0 aromatic carbocycles. The number of hydrogen-bond donors (Lipinski definition) is 1. The van der Waals surface area contributed by atoms with E-state index in [-0.39, 0.29) is 6.09 Å². The molecule has 0 atom stereocenters. The summed E-state index contributed by atoms with van der Waals surface area (Å²) in [6.45, 7) is 6.81. The second-order valence-electron chi connectivity index (χ2n) is 6.93. The number of nitrogens with one attached hydrogen (secondary N) is 1. The van der Waals surface area contributed by atoms with Crippen molar-refractivity contribution in [3.05, 3.63) is 35.2 Å². The predicted octanol–water partition coefficient (Wildman–Crippen LogP) is 3.46. The van der Waals surface area contributed by atoms with E-state index in [2.05, 4.69) is 16.0 Å². The van der Waals surface area contributed by atoms with Crippen LogP contribution in [0.15, 0.2) is 24.0 Å². The van der Waals surface area contributed by atoms with Crippen molar-refractivity contribution in [2.45, 2.75) is 32.8 Å². The molecule has 6 nitrogen and oxygen atoms in total. The zero-order valence-corrected chi connectivity index (χ0v) is 14.1. The van der Waals surface area contributed by atoms with Crippen LogP contribution in [-0.4, -0.2) is 39.7 Å². The van der Waals surface area contributed by atoms with E-state index in [1.165, 1.54) is 0 Å². The van der Waals surface area contributed by atoms with Crippen molar-refractivity contribution in [1.29, 1.82) is 5.26 Å². The minimum atomic E-state index is -0.486. The van der Waals surface area contributed by atoms with Crippen LogP contribution in [0.3, 0.4) is 0 Å². The Morgan fingerprint density at radius 2 is 2.29 bits per heavy atom. The first kappa shape index (κ1) is 16.1. The number of carbonyl (C=O) groups excluding carboxylic acids is 1. The van der Waals surface area contributed by atoms with Crippen LogP contribution in [0.4, 0.5) is 4.79 Å². The average Bonchev–Trinajstić information content (AvgIpc) is 3.11. The minimum Gasteiger partial charge on any atom is -0.444 e. The zero-order valence-electron chi connectivity index (χ0n) is 14.1. The van der Waals surface area contributed by atoms with E-state index in [1.54, 1.807) is 17.3 Å². The number of aromatic amines is 1. The molecule has 0 bridgehead atoms. The summed E-state index contributed by atoms with van der Waals surface area (Å²) in [4.78, 5) is 21.1. The number of amides is 1. The van der Waals surface area contributed by atoms with Crippen LogP contribution in [0, 0.1) is 11.3 Å². The Balaban J connectivity index is 1.76. The Bertz CT molecular complexity index is 852. The molecule has 1 aliphatic rings. The lowest BCUT2D eigenvalue weighted by Crippen LogP contribution is -2.34. The van der Waals surface area contributed by atoms with Gasteiger partial charge in [0.1, 0.15) is 17.3 Å². The van der Waals surface area contributed by atoms with Crippen molar-refractivity contribution in [3.63, 3.8) is 0 Å². The number of nitrogens with zero attached hydrogens (tertiary/aromatic N) is 3. The van der Waals surface area contributed by atoms with Crippen LogP contribution < -0.4 is 0 Å². The van der Waals surface area contributed by atoms with E-state index in [0.29, 0.717) is 24.3 Å². The number of nitriles is 1. The lowest BCUT2D eigenvalue weighted by molar-refractivity contribution is 0.0299. The van der Waals surface area contributed by atoms with Crippen LogP contribution in [0.25, 0.3) is 17.1 Å². The Morgan fingerprint density at radius 1 is 1.50 bits per heavy atom. The molecule has 0 unspecified atom stereocenters. The molecule has 1 aliphatic heterocycles. The summed E-state index contributed by atoms with van der Waals surface area (Å²) in [6, 6.07) is 4.10. The molecule has 1 amide bonds. The first-order chi connectivity index (χ1) is 11.4. The van der Waals surface area contributed by atoms with E-state index in [9.17, 15) is 4.79 Å². The maximum absolute atomic E-state index is 12.1. The van der Waals surface area contributed by atoms with Gasteiger partial charge in [0.05, 0.1) is 5.56 Å². The van der Waals surface area contributed by atoms with Gasteiger partial charge in [-0.05, 0) is 44.4 Å². The highest BCUT2D eigenvalue weighted by molar-refractivity contribution is 5.84. The molecule has 2 aromatic heterocycles. The van der Waals surface area contributed by atoms with Gasteiger partial charge >= 0.3 is 6.09 Å². The van der Waals surface area contributed by atoms with Crippen LogP contribution in [0.2, 0.25) is 0 Å². The summed E-state index contributed by atoms with van der Waals surface area (Å²) in [5.41, 5.74) is 2.88. The number of hydrogen-bond acceptors (Lipinski definition) is 4. The fraction of sp³-hybridized carbons (Fsp3) is 0.389. The Labute approximate surface area is 140 Å². The van der Waals surface area contributed by atoms with E-state index >= 15 is 0 Å². The highest BCUT2D eigenvalue weighted by Crippen LogP contribution is 2.23. The van der Waals surface area contributed by atoms with Gasteiger partial charge in [0.15, 0.2) is 0 Å². The maximum Gasteiger partial charge on any atom is 0.410 e. The minimum absolute atomic E-state index is 0.281. The highest BCUT2D eigenvalue weighted by Gasteiger charge is 2.26. The van der Waals surface area contributed by atoms with Crippen LogP contribution >= 0.6 is 0 Å². The number of ether oxygens (including phenoxy) is 1. The largest absolute Gasteiger partial charge is 0.444 e. The van der Waals surface area contributed by atoms with Crippen LogP contribution in [0.5, 0.6) is 0 Å². The van der Waals surface area contributed by atoms with Gasteiger partial charge in [-0.1, -0.05) is 6.08 Å². The molecule has 0 aliphatic carbocycles. The van der Waals surface area contributed by atoms with Crippen molar-refractivity contribution in [1.82, 2.24) is 14.9 Å². The number of aromatic nitrogens is 2. The Kier molecular flexibility index (Phi) is 4.02. The first-order valence-electron chi connectivity index (χ1n) is 7.90. The highest BCUT2D eigenvalue weighted by atomic mass is 16.6. The van der Waals surface area contributed by atoms with Crippen molar-refractivity contribution < 1.29 is 9.53 Å². The topological polar surface area (TPSA) is 82.0 Å². The third-order valence-electron chi connectivity index (χ3n) is 3.79. The van der Waals surface area contributed by atoms with Gasteiger partial charge in [-0.2, -0.15) is 5.26 Å². The maximum atomic E-state index is 12.1. The molecule has 1 N–H and O–H groups in total. The predicted molar refractivity (Wildman–Crippen MR) is 91.2 cm³/mol. The number of rotatable bonds is 1. The van der Waals surface area contributed by atoms with E-state index in [0.717, 1.165) is 22.9 Å². The van der Waals surface area contributed by atoms with Gasteiger partial charge in [0.2, 0.25) is 0 Å². The SMILES string of the molecule is CC(C)(C)OC(=O)N1CC/C(=C\c2cnc3[nH]cc(C#N)c3c2)C1. The average molecular weight is 324 g/mol. The molecule has 24 heavy (non-hydrogen) atoms. The molecular weight excluding hydrogens is 304 g/mol. The fourth-order valence-corrected chi connectivity index (χ4v) is 2.71. The second-order valence-corrected chi connectivity index (χ2v) is 6.93. The second kappa shape index (κ2) is 6.00. The smallest absolute Gasteiger partial charge is 0.410 e. The standard InChI is InChI=1S/C18H20N4O2/c1-18(2,3)24-17(23)22-5-4-12(11-22)6-13-7-15-14(8-19)10-21-16(15)20-9-13/h6-7,9-10H,4-5,11H2,1-3H3,(H,20,21)/b12-6+. The lowest BCUT2D eigenvalue weighted by Gasteiger charge is -2.23. The third-order valence-corrected chi connectivity index (χ3v) is 3.79. The Morgan fingerprint density at radius 3 is 3.00 bits per heavy atom. The molecule has 6 heteroatoms. The number of H-pyrrole nitrogens is 1. The molecule has 0 radical (unpaired) electrons. The van der Waals surface area contributed by atoms with Crippen molar-refractivity contribution in [2.24, 2.45) is 0 Å². The molecule has 2 aromatic rings. The Hall–Kier alpha value is -2.81. The van der Waals surface area contributed by atoms with Gasteiger partial charge < -0.3 is 14.6 Å². The van der Waals surface area contributed by atoms with E-state index < -0.39 is 5.60 Å². The quantitative estimate of drug-likeness (QED) is 0.871. The normalized spacial score (nSPS) is 16.6. The third kappa shape index (κ3) is 3.40. The van der Waals surface area contributed by atoms with Crippen LogP contribution in [0.1, 0.15) is 38.3 Å². The molecule has 3 heterocycles. The molecule has 124 valence electrons. The molecule has 1 fully saturated rings. The molecule has 0 saturated carbocycles. The molecule has 1 saturated heterocycles. The van der Waals surface area contributed by atoms with E-state index in [4.69, 9.17) is 10.00 Å². The van der Waals surface area contributed by atoms with Gasteiger partial charge in [-0.25, -0.2) is 9.78 Å². The number of carbonyl (C=O) groups is 1. The van der Waals surface area contributed by atoms with Crippen molar-refractivity contribution in [2.75, 3.05) is 13.1 Å². The van der Waals surface area contributed by atoms with Crippen LogP contribution in [-0.2, 0) is 4.74 Å². The summed E-state index contributed by atoms with van der Waals surface area (Å²) < 4.78 is 5.40. The van der Waals surface area contributed by atoms with Gasteiger partial charge in [0, 0.05) is 30.9 Å². The van der Waals surface area contributed by atoms with Crippen molar-refractivity contribution in [3.8, 4) is 6.07 Å². The summed E-state index contributed by atoms with van der Waals surface area (Å²) >= 11 is 0. The summed E-state index contributed by atoms with van der Waals surface area (Å²) in [5, 5.41) is 9.93. The summed E-state index contributed by atoms with van der Waals surface area (Å²) in [7, 11) is 0. The monoisotopic (exact) mass is 324 g/mol. The molecular formula is C18H20N4O2.